The van der Waals surface area contributed by atoms with E-state index in [2.05, 4.69) is 19.2 Å². The summed E-state index contributed by atoms with van der Waals surface area (Å²) in [5.41, 5.74) is 0.972. The summed E-state index contributed by atoms with van der Waals surface area (Å²) in [6.07, 6.45) is 1.91. The molecule has 0 unspecified atom stereocenters. The van der Waals surface area contributed by atoms with Gasteiger partial charge >= 0.3 is 0 Å². The van der Waals surface area contributed by atoms with Crippen molar-refractivity contribution in [2.75, 3.05) is 13.1 Å². The Morgan fingerprint density at radius 2 is 2.12 bits per heavy atom. The summed E-state index contributed by atoms with van der Waals surface area (Å²) in [6.45, 7) is 6.40. The maximum absolute atomic E-state index is 13.7. The molecule has 1 heterocycles. The van der Waals surface area contributed by atoms with Gasteiger partial charge in [-0.05, 0) is 47.9 Å². The molecular formula is C14H19ClFN. The fourth-order valence-corrected chi connectivity index (χ4v) is 2.96. The maximum Gasteiger partial charge on any atom is 0.126 e. The molecule has 1 aromatic carbocycles. The van der Waals surface area contributed by atoms with E-state index in [1.807, 2.05) is 0 Å². The minimum absolute atomic E-state index is 0.135. The smallest absolute Gasteiger partial charge is 0.126 e. The van der Waals surface area contributed by atoms with Crippen LogP contribution in [0.5, 0.6) is 0 Å². The van der Waals surface area contributed by atoms with Gasteiger partial charge in [0, 0.05) is 18.1 Å². The Hall–Kier alpha value is -0.600. The van der Waals surface area contributed by atoms with E-state index in [0.29, 0.717) is 10.9 Å². The summed E-state index contributed by atoms with van der Waals surface area (Å²) < 4.78 is 13.7. The van der Waals surface area contributed by atoms with Crippen LogP contribution >= 0.6 is 11.6 Å². The highest BCUT2D eigenvalue weighted by Crippen LogP contribution is 2.35. The highest BCUT2D eigenvalue weighted by atomic mass is 35.5. The fourth-order valence-electron chi connectivity index (χ4n) is 2.77. The molecule has 0 spiro atoms. The standard InChI is InChI=1S/C14H19ClFN/c1-10(2)6-14(8-17-9-14)7-11-5-12(15)3-4-13(11)16/h3-5,10,17H,6-9H2,1-2H3. The van der Waals surface area contributed by atoms with Crippen molar-refractivity contribution in [1.82, 2.24) is 5.32 Å². The average Bonchev–Trinajstić information content (AvgIpc) is 2.19. The molecule has 0 saturated carbocycles. The molecule has 1 aliphatic rings. The minimum Gasteiger partial charge on any atom is -0.316 e. The molecule has 1 N–H and O–H groups in total. The minimum atomic E-state index is -0.135. The third kappa shape index (κ3) is 2.99. The van der Waals surface area contributed by atoms with Gasteiger partial charge in [-0.3, -0.25) is 0 Å². The largest absolute Gasteiger partial charge is 0.316 e. The molecule has 1 fully saturated rings. The highest BCUT2D eigenvalue weighted by Gasteiger charge is 2.37. The Labute approximate surface area is 107 Å². The van der Waals surface area contributed by atoms with Crippen LogP contribution in [0.1, 0.15) is 25.8 Å². The van der Waals surface area contributed by atoms with Gasteiger partial charge in [0.2, 0.25) is 0 Å². The van der Waals surface area contributed by atoms with E-state index in [1.54, 1.807) is 12.1 Å². The Morgan fingerprint density at radius 1 is 1.41 bits per heavy atom. The van der Waals surface area contributed by atoms with Gasteiger partial charge in [-0.15, -0.1) is 0 Å². The summed E-state index contributed by atoms with van der Waals surface area (Å²) in [5.74, 6) is 0.503. The van der Waals surface area contributed by atoms with Crippen molar-refractivity contribution in [3.05, 3.63) is 34.6 Å². The normalized spacial score (nSPS) is 18.2. The van der Waals surface area contributed by atoms with Crippen molar-refractivity contribution in [1.29, 1.82) is 0 Å². The lowest BCUT2D eigenvalue weighted by Crippen LogP contribution is -2.55. The Bertz CT molecular complexity index is 399. The van der Waals surface area contributed by atoms with Gasteiger partial charge in [0.15, 0.2) is 0 Å². The SMILES string of the molecule is CC(C)CC1(Cc2cc(Cl)ccc2F)CNC1. The van der Waals surface area contributed by atoms with Crippen molar-refractivity contribution in [2.45, 2.75) is 26.7 Å². The number of nitrogens with one attached hydrogen (secondary N) is 1. The van der Waals surface area contributed by atoms with E-state index in [9.17, 15) is 4.39 Å². The van der Waals surface area contributed by atoms with Crippen molar-refractivity contribution in [3.63, 3.8) is 0 Å². The fraction of sp³-hybridized carbons (Fsp3) is 0.571. The maximum atomic E-state index is 13.7. The number of hydrogen-bond acceptors (Lipinski definition) is 1. The zero-order valence-electron chi connectivity index (χ0n) is 10.4. The van der Waals surface area contributed by atoms with E-state index in [-0.39, 0.29) is 11.2 Å². The molecule has 2 rings (SSSR count). The lowest BCUT2D eigenvalue weighted by molar-refractivity contribution is 0.130. The Kier molecular flexibility index (Phi) is 3.74. The van der Waals surface area contributed by atoms with Crippen LogP contribution in [0.25, 0.3) is 0 Å². The molecule has 0 aromatic heterocycles. The molecule has 0 bridgehead atoms. The van der Waals surface area contributed by atoms with E-state index < -0.39 is 0 Å². The van der Waals surface area contributed by atoms with Crippen LogP contribution < -0.4 is 5.32 Å². The van der Waals surface area contributed by atoms with Crippen LogP contribution in [-0.2, 0) is 6.42 Å². The first-order chi connectivity index (χ1) is 8.01. The number of rotatable bonds is 4. The zero-order valence-corrected chi connectivity index (χ0v) is 11.1. The van der Waals surface area contributed by atoms with Crippen LogP contribution in [0.3, 0.4) is 0 Å². The second-order valence-electron chi connectivity index (χ2n) is 5.61. The molecule has 0 aliphatic carbocycles. The van der Waals surface area contributed by atoms with Crippen molar-refractivity contribution >= 4 is 11.6 Å². The number of halogens is 2. The molecule has 1 aliphatic heterocycles. The van der Waals surface area contributed by atoms with E-state index >= 15 is 0 Å². The molecule has 1 aromatic rings. The Morgan fingerprint density at radius 3 is 2.65 bits per heavy atom. The molecule has 17 heavy (non-hydrogen) atoms. The molecule has 0 amide bonds. The second-order valence-corrected chi connectivity index (χ2v) is 6.05. The van der Waals surface area contributed by atoms with Crippen molar-refractivity contribution in [3.8, 4) is 0 Å². The predicted molar refractivity (Wildman–Crippen MR) is 69.9 cm³/mol. The molecule has 0 atom stereocenters. The van der Waals surface area contributed by atoms with Crippen LogP contribution in [0, 0.1) is 17.2 Å². The highest BCUT2D eigenvalue weighted by molar-refractivity contribution is 6.30. The van der Waals surface area contributed by atoms with Crippen LogP contribution in [0.15, 0.2) is 18.2 Å². The summed E-state index contributed by atoms with van der Waals surface area (Å²) in [4.78, 5) is 0. The van der Waals surface area contributed by atoms with Gasteiger partial charge in [0.05, 0.1) is 0 Å². The van der Waals surface area contributed by atoms with E-state index in [4.69, 9.17) is 11.6 Å². The second kappa shape index (κ2) is 4.95. The number of hydrogen-bond donors (Lipinski definition) is 1. The van der Waals surface area contributed by atoms with E-state index in [0.717, 1.165) is 31.5 Å². The van der Waals surface area contributed by atoms with E-state index in [1.165, 1.54) is 6.07 Å². The van der Waals surface area contributed by atoms with Gasteiger partial charge in [0.1, 0.15) is 5.82 Å². The van der Waals surface area contributed by atoms with Crippen LogP contribution in [0.4, 0.5) is 4.39 Å². The average molecular weight is 256 g/mol. The Balaban J connectivity index is 2.15. The molecular weight excluding hydrogens is 237 g/mol. The molecule has 94 valence electrons. The predicted octanol–water partition coefficient (Wildman–Crippen LogP) is 3.66. The first-order valence-corrected chi connectivity index (χ1v) is 6.53. The quantitative estimate of drug-likeness (QED) is 0.866. The third-order valence-electron chi connectivity index (χ3n) is 3.41. The molecule has 1 nitrogen and oxygen atoms in total. The van der Waals surface area contributed by atoms with Gasteiger partial charge in [-0.1, -0.05) is 25.4 Å². The summed E-state index contributed by atoms with van der Waals surface area (Å²) in [6, 6.07) is 4.83. The monoisotopic (exact) mass is 255 g/mol. The van der Waals surface area contributed by atoms with Gasteiger partial charge in [-0.25, -0.2) is 4.39 Å². The molecule has 1 saturated heterocycles. The zero-order chi connectivity index (χ0) is 12.5. The lowest BCUT2D eigenvalue weighted by atomic mass is 9.71. The summed E-state index contributed by atoms with van der Waals surface area (Å²) in [7, 11) is 0. The van der Waals surface area contributed by atoms with Crippen molar-refractivity contribution in [2.24, 2.45) is 11.3 Å². The van der Waals surface area contributed by atoms with Gasteiger partial charge < -0.3 is 5.32 Å². The van der Waals surface area contributed by atoms with Gasteiger partial charge in [-0.2, -0.15) is 0 Å². The van der Waals surface area contributed by atoms with Gasteiger partial charge in [0.25, 0.3) is 0 Å². The molecule has 3 heteroatoms. The summed E-state index contributed by atoms with van der Waals surface area (Å²) in [5, 5.41) is 3.93. The topological polar surface area (TPSA) is 12.0 Å². The van der Waals surface area contributed by atoms with Crippen LogP contribution in [-0.4, -0.2) is 13.1 Å². The lowest BCUT2D eigenvalue weighted by Gasteiger charge is -2.44. The first-order valence-electron chi connectivity index (χ1n) is 6.15. The third-order valence-corrected chi connectivity index (χ3v) is 3.65. The van der Waals surface area contributed by atoms with Crippen molar-refractivity contribution < 1.29 is 4.39 Å². The first kappa shape index (κ1) is 12.8. The number of benzene rings is 1. The summed E-state index contributed by atoms with van der Waals surface area (Å²) >= 11 is 5.93. The molecule has 0 radical (unpaired) electrons. The van der Waals surface area contributed by atoms with Crippen LogP contribution in [0.2, 0.25) is 5.02 Å².